The van der Waals surface area contributed by atoms with E-state index in [2.05, 4.69) is 0 Å². The van der Waals surface area contributed by atoms with Crippen LogP contribution in [0, 0.1) is 0 Å². The van der Waals surface area contributed by atoms with E-state index >= 15 is 0 Å². The number of carbonyl (C=O) groups is 1. The van der Waals surface area contributed by atoms with Gasteiger partial charge in [-0.25, -0.2) is 0 Å². The van der Waals surface area contributed by atoms with Crippen molar-refractivity contribution in [2.24, 2.45) is 0 Å². The average molecular weight is 241 g/mol. The van der Waals surface area contributed by atoms with Crippen LogP contribution in [0.15, 0.2) is 18.2 Å². The molecular weight excluding hydrogens is 228 g/mol. The zero-order valence-corrected chi connectivity index (χ0v) is 9.50. The van der Waals surface area contributed by atoms with Crippen molar-refractivity contribution in [1.29, 1.82) is 0 Å². The Labute approximate surface area is 98.7 Å². The highest BCUT2D eigenvalue weighted by Crippen LogP contribution is 2.51. The highest BCUT2D eigenvalue weighted by atomic mass is 35.5. The highest BCUT2D eigenvalue weighted by molar-refractivity contribution is 6.31. The van der Waals surface area contributed by atoms with Gasteiger partial charge in [0.25, 0.3) is 0 Å². The first-order chi connectivity index (χ1) is 7.55. The van der Waals surface area contributed by atoms with Crippen LogP contribution < -0.4 is 0 Å². The summed E-state index contributed by atoms with van der Waals surface area (Å²) >= 11 is 6.06. The first-order valence-corrected chi connectivity index (χ1v) is 5.63. The lowest BCUT2D eigenvalue weighted by atomic mass is 9.62. The molecule has 0 unspecified atom stereocenters. The number of rotatable bonds is 3. The van der Waals surface area contributed by atoms with Gasteiger partial charge < -0.3 is 10.2 Å². The summed E-state index contributed by atoms with van der Waals surface area (Å²) in [5.74, 6) is -0.743. The highest BCUT2D eigenvalue weighted by Gasteiger charge is 2.43. The third-order valence-electron chi connectivity index (χ3n) is 3.32. The monoisotopic (exact) mass is 240 g/mol. The third-order valence-corrected chi connectivity index (χ3v) is 3.64. The summed E-state index contributed by atoms with van der Waals surface area (Å²) in [6, 6.07) is 4.91. The lowest BCUT2D eigenvalue weighted by Gasteiger charge is -2.42. The summed E-state index contributed by atoms with van der Waals surface area (Å²) in [7, 11) is 0. The van der Waals surface area contributed by atoms with Crippen molar-refractivity contribution in [3.63, 3.8) is 0 Å². The molecule has 3 nitrogen and oxygen atoms in total. The number of phenolic OH excluding ortho intramolecular Hbond substituents is 1. The maximum absolute atomic E-state index is 10.9. The number of hydrogen-bond donors (Lipinski definition) is 2. The van der Waals surface area contributed by atoms with Gasteiger partial charge in [-0.1, -0.05) is 24.1 Å². The molecule has 0 heterocycles. The number of phenols is 1. The molecule has 0 spiro atoms. The molecular formula is C12H13ClO3. The van der Waals surface area contributed by atoms with Crippen LogP contribution in [0.3, 0.4) is 0 Å². The number of aromatic hydroxyl groups is 1. The van der Waals surface area contributed by atoms with Gasteiger partial charge in [-0.15, -0.1) is 0 Å². The molecule has 1 aliphatic carbocycles. The second-order valence-electron chi connectivity index (χ2n) is 4.34. The SMILES string of the molecule is O=C(O)CC1(c2c(O)cccc2Cl)CCC1. The fourth-order valence-electron chi connectivity index (χ4n) is 2.45. The van der Waals surface area contributed by atoms with Gasteiger partial charge in [0.15, 0.2) is 0 Å². The Morgan fingerprint density at radius 3 is 2.56 bits per heavy atom. The van der Waals surface area contributed by atoms with E-state index in [-0.39, 0.29) is 12.2 Å². The Morgan fingerprint density at radius 1 is 1.44 bits per heavy atom. The summed E-state index contributed by atoms with van der Waals surface area (Å²) in [4.78, 5) is 10.9. The summed E-state index contributed by atoms with van der Waals surface area (Å²) in [5, 5.41) is 19.2. The molecule has 86 valence electrons. The van der Waals surface area contributed by atoms with Crippen LogP contribution in [0.4, 0.5) is 0 Å². The van der Waals surface area contributed by atoms with Crippen LogP contribution in [-0.4, -0.2) is 16.2 Å². The van der Waals surface area contributed by atoms with Crippen LogP contribution in [0.25, 0.3) is 0 Å². The molecule has 0 amide bonds. The Hall–Kier alpha value is -1.22. The smallest absolute Gasteiger partial charge is 0.304 e. The normalized spacial score (nSPS) is 17.8. The lowest BCUT2D eigenvalue weighted by molar-refractivity contribution is -0.139. The summed E-state index contributed by atoms with van der Waals surface area (Å²) in [5.41, 5.74) is 0.138. The molecule has 1 saturated carbocycles. The van der Waals surface area contributed by atoms with Gasteiger partial charge >= 0.3 is 5.97 Å². The standard InChI is InChI=1S/C12H13ClO3/c13-8-3-1-4-9(14)11(8)12(5-2-6-12)7-10(15)16/h1,3-4,14H,2,5-7H2,(H,15,16). The van der Waals surface area contributed by atoms with Gasteiger partial charge in [-0.05, 0) is 25.0 Å². The molecule has 0 saturated heterocycles. The van der Waals surface area contributed by atoms with Crippen molar-refractivity contribution < 1.29 is 15.0 Å². The van der Waals surface area contributed by atoms with E-state index < -0.39 is 11.4 Å². The van der Waals surface area contributed by atoms with E-state index in [9.17, 15) is 9.90 Å². The average Bonchev–Trinajstić information content (AvgIpc) is 2.12. The van der Waals surface area contributed by atoms with Gasteiger partial charge in [0.2, 0.25) is 0 Å². The fourth-order valence-corrected chi connectivity index (χ4v) is 2.82. The van der Waals surface area contributed by atoms with E-state index in [4.69, 9.17) is 16.7 Å². The third kappa shape index (κ3) is 1.76. The molecule has 1 aromatic carbocycles. The topological polar surface area (TPSA) is 57.5 Å². The number of hydrogen-bond acceptors (Lipinski definition) is 2. The Morgan fingerprint density at radius 2 is 2.12 bits per heavy atom. The van der Waals surface area contributed by atoms with Gasteiger partial charge in [-0.3, -0.25) is 4.79 Å². The number of carboxylic acids is 1. The maximum Gasteiger partial charge on any atom is 0.304 e. The molecule has 1 aliphatic rings. The predicted molar refractivity (Wildman–Crippen MR) is 60.9 cm³/mol. The second-order valence-corrected chi connectivity index (χ2v) is 4.75. The first-order valence-electron chi connectivity index (χ1n) is 5.25. The molecule has 2 N–H and O–H groups in total. The van der Waals surface area contributed by atoms with Gasteiger partial charge in [-0.2, -0.15) is 0 Å². The number of benzene rings is 1. The van der Waals surface area contributed by atoms with Crippen molar-refractivity contribution in [2.75, 3.05) is 0 Å². The van der Waals surface area contributed by atoms with E-state index in [0.717, 1.165) is 19.3 Å². The summed E-state index contributed by atoms with van der Waals surface area (Å²) in [6.07, 6.45) is 2.56. The van der Waals surface area contributed by atoms with Gasteiger partial charge in [0.1, 0.15) is 5.75 Å². The van der Waals surface area contributed by atoms with Gasteiger partial charge in [0, 0.05) is 16.0 Å². The predicted octanol–water partition coefficient (Wildman–Crippen LogP) is 2.94. The summed E-state index contributed by atoms with van der Waals surface area (Å²) in [6.45, 7) is 0. The van der Waals surface area contributed by atoms with Crippen molar-refractivity contribution >= 4 is 17.6 Å². The molecule has 4 heteroatoms. The molecule has 0 aliphatic heterocycles. The summed E-state index contributed by atoms with van der Waals surface area (Å²) < 4.78 is 0. The maximum atomic E-state index is 10.9. The largest absolute Gasteiger partial charge is 0.508 e. The molecule has 2 rings (SSSR count). The van der Waals surface area contributed by atoms with Gasteiger partial charge in [0.05, 0.1) is 6.42 Å². The van der Waals surface area contributed by atoms with Crippen LogP contribution >= 0.6 is 11.6 Å². The fraction of sp³-hybridized carbons (Fsp3) is 0.417. The van der Waals surface area contributed by atoms with E-state index in [1.54, 1.807) is 18.2 Å². The minimum atomic E-state index is -0.848. The molecule has 16 heavy (non-hydrogen) atoms. The van der Waals surface area contributed by atoms with Crippen LogP contribution in [-0.2, 0) is 10.2 Å². The molecule has 1 fully saturated rings. The minimum Gasteiger partial charge on any atom is -0.508 e. The van der Waals surface area contributed by atoms with Crippen LogP contribution in [0.5, 0.6) is 5.75 Å². The van der Waals surface area contributed by atoms with E-state index in [1.807, 2.05) is 0 Å². The molecule has 0 aromatic heterocycles. The molecule has 0 bridgehead atoms. The van der Waals surface area contributed by atoms with Crippen molar-refractivity contribution in [1.82, 2.24) is 0 Å². The van der Waals surface area contributed by atoms with Crippen molar-refractivity contribution in [3.05, 3.63) is 28.8 Å². The Bertz CT molecular complexity index is 404. The van der Waals surface area contributed by atoms with Crippen LogP contribution in [0.2, 0.25) is 5.02 Å². The number of halogens is 1. The molecule has 0 radical (unpaired) electrons. The molecule has 1 aromatic rings. The van der Waals surface area contributed by atoms with Crippen molar-refractivity contribution in [3.8, 4) is 5.75 Å². The number of carboxylic acid groups (broad SMARTS) is 1. The van der Waals surface area contributed by atoms with Crippen LogP contribution in [0.1, 0.15) is 31.2 Å². The lowest BCUT2D eigenvalue weighted by Crippen LogP contribution is -2.36. The zero-order valence-electron chi connectivity index (χ0n) is 8.74. The van der Waals surface area contributed by atoms with Crippen molar-refractivity contribution in [2.45, 2.75) is 31.1 Å². The van der Waals surface area contributed by atoms with E-state index in [1.165, 1.54) is 0 Å². The number of aliphatic carboxylic acids is 1. The quantitative estimate of drug-likeness (QED) is 0.854. The van der Waals surface area contributed by atoms with E-state index in [0.29, 0.717) is 10.6 Å². The zero-order chi connectivity index (χ0) is 11.8. The minimum absolute atomic E-state index is 0.0320. The Kier molecular flexibility index (Phi) is 2.80. The molecule has 0 atom stereocenters. The second kappa shape index (κ2) is 3.98. The Balaban J connectivity index is 2.44. The first kappa shape index (κ1) is 11.3.